The highest BCUT2D eigenvalue weighted by Crippen LogP contribution is 2.29. The first-order valence-corrected chi connectivity index (χ1v) is 11.9. The number of hydrogen-bond acceptors (Lipinski definition) is 4. The Morgan fingerprint density at radius 3 is 2.45 bits per heavy atom. The van der Waals surface area contributed by atoms with Gasteiger partial charge in [-0.05, 0) is 43.0 Å². The molecule has 0 aliphatic carbocycles. The summed E-state index contributed by atoms with van der Waals surface area (Å²) in [7, 11) is -3.54. The molecule has 8 heteroatoms. The Labute approximate surface area is 179 Å². The third-order valence-corrected chi connectivity index (χ3v) is 7.96. The molecule has 2 fully saturated rings. The topological polar surface area (TPSA) is 66.9 Å². The number of sulfonamides is 1. The highest BCUT2D eigenvalue weighted by atomic mass is 79.9. The number of ether oxygens (including phenoxy) is 1. The number of hydrogen-bond donors (Lipinski definition) is 0. The lowest BCUT2D eigenvalue weighted by Crippen LogP contribution is -2.50. The largest absolute Gasteiger partial charge is 0.447 e. The maximum absolute atomic E-state index is 12.9. The minimum atomic E-state index is -3.54. The number of halogens is 1. The molecule has 1 atom stereocenters. The van der Waals surface area contributed by atoms with Gasteiger partial charge < -0.3 is 4.74 Å². The highest BCUT2D eigenvalue weighted by molar-refractivity contribution is 9.10. The van der Waals surface area contributed by atoms with Crippen LogP contribution < -0.4 is 0 Å². The van der Waals surface area contributed by atoms with Crippen LogP contribution in [0.3, 0.4) is 0 Å². The predicted octanol–water partition coefficient (Wildman–Crippen LogP) is 3.67. The van der Waals surface area contributed by atoms with Crippen LogP contribution in [0.5, 0.6) is 0 Å². The number of carbonyl (C=O) groups is 1. The van der Waals surface area contributed by atoms with Crippen LogP contribution in [0.2, 0.25) is 0 Å². The van der Waals surface area contributed by atoms with E-state index in [0.717, 1.165) is 16.5 Å². The third-order valence-electron chi connectivity index (χ3n) is 5.57. The van der Waals surface area contributed by atoms with Crippen molar-refractivity contribution < 1.29 is 17.9 Å². The third kappa shape index (κ3) is 4.34. The van der Waals surface area contributed by atoms with Crippen molar-refractivity contribution in [1.82, 2.24) is 9.21 Å². The maximum atomic E-state index is 12.9. The fourth-order valence-electron chi connectivity index (χ4n) is 4.10. The molecule has 2 saturated heterocycles. The molecular weight excluding hydrogens is 456 g/mol. The molecule has 0 bridgehead atoms. The van der Waals surface area contributed by atoms with Crippen molar-refractivity contribution in [2.75, 3.05) is 19.7 Å². The Morgan fingerprint density at radius 2 is 1.76 bits per heavy atom. The van der Waals surface area contributed by atoms with E-state index in [0.29, 0.717) is 32.5 Å². The molecule has 1 unspecified atom stereocenters. The zero-order valence-corrected chi connectivity index (χ0v) is 18.3. The Hall–Kier alpha value is -1.90. The average Bonchev–Trinajstić information content (AvgIpc) is 3.09. The van der Waals surface area contributed by atoms with Crippen molar-refractivity contribution in [2.45, 2.75) is 36.2 Å². The lowest BCUT2D eigenvalue weighted by atomic mass is 10.00. The van der Waals surface area contributed by atoms with Gasteiger partial charge in [-0.1, -0.05) is 52.3 Å². The van der Waals surface area contributed by atoms with Crippen LogP contribution in [-0.4, -0.2) is 55.5 Å². The van der Waals surface area contributed by atoms with Gasteiger partial charge in [-0.2, -0.15) is 4.31 Å². The summed E-state index contributed by atoms with van der Waals surface area (Å²) in [4.78, 5) is 14.5. The van der Waals surface area contributed by atoms with Crippen molar-refractivity contribution >= 4 is 32.0 Å². The lowest BCUT2D eigenvalue weighted by molar-refractivity contribution is 0.125. The van der Waals surface area contributed by atoms with Crippen LogP contribution in [0.4, 0.5) is 4.79 Å². The summed E-state index contributed by atoms with van der Waals surface area (Å²) in [6.07, 6.45) is 1.66. The van der Waals surface area contributed by atoms with Gasteiger partial charge in [0, 0.05) is 23.6 Å². The van der Waals surface area contributed by atoms with Gasteiger partial charge in [-0.25, -0.2) is 13.2 Å². The summed E-state index contributed by atoms with van der Waals surface area (Å²) in [5.41, 5.74) is 1.16. The van der Waals surface area contributed by atoms with E-state index in [1.54, 1.807) is 24.3 Å². The normalized spacial score (nSPS) is 21.3. The molecule has 2 aliphatic rings. The van der Waals surface area contributed by atoms with Crippen LogP contribution in [-0.2, 0) is 21.2 Å². The van der Waals surface area contributed by atoms with Crippen molar-refractivity contribution in [2.24, 2.45) is 0 Å². The van der Waals surface area contributed by atoms with E-state index in [4.69, 9.17) is 4.74 Å². The van der Waals surface area contributed by atoms with E-state index in [2.05, 4.69) is 15.9 Å². The molecule has 6 nitrogen and oxygen atoms in total. The van der Waals surface area contributed by atoms with Crippen LogP contribution in [0.1, 0.15) is 18.4 Å². The summed E-state index contributed by atoms with van der Waals surface area (Å²) in [5.74, 6) is 0. The Balaban J connectivity index is 1.43. The SMILES string of the molecule is O=C1OCC(Cc2ccccc2)N1C1CCN(S(=O)(=O)c2cccc(Br)c2)CC1. The number of piperidine rings is 1. The second-order valence-corrected chi connectivity index (χ2v) is 10.3. The number of benzene rings is 2. The number of rotatable bonds is 5. The number of nitrogens with zero attached hydrogens (tertiary/aromatic N) is 2. The Kier molecular flexibility index (Phi) is 5.94. The van der Waals surface area contributed by atoms with Gasteiger partial charge in [0.15, 0.2) is 0 Å². The molecule has 0 radical (unpaired) electrons. The zero-order chi connectivity index (χ0) is 20.4. The van der Waals surface area contributed by atoms with Crippen molar-refractivity contribution in [1.29, 1.82) is 0 Å². The second-order valence-electron chi connectivity index (χ2n) is 7.42. The molecule has 0 aromatic heterocycles. The molecule has 2 heterocycles. The first-order chi connectivity index (χ1) is 13.9. The number of amides is 1. The summed E-state index contributed by atoms with van der Waals surface area (Å²) >= 11 is 3.33. The average molecular weight is 479 g/mol. The molecular formula is C21H23BrN2O4S. The first-order valence-electron chi connectivity index (χ1n) is 9.70. The van der Waals surface area contributed by atoms with Gasteiger partial charge in [0.25, 0.3) is 0 Å². The fourth-order valence-corrected chi connectivity index (χ4v) is 6.17. The molecule has 2 aromatic rings. The van der Waals surface area contributed by atoms with Gasteiger partial charge >= 0.3 is 6.09 Å². The highest BCUT2D eigenvalue weighted by Gasteiger charge is 2.40. The summed E-state index contributed by atoms with van der Waals surface area (Å²) in [6, 6.07) is 16.8. The van der Waals surface area contributed by atoms with E-state index in [1.165, 1.54) is 4.31 Å². The standard InChI is InChI=1S/C21H23BrN2O4S/c22-17-7-4-8-20(14-17)29(26,27)23-11-9-18(10-12-23)24-19(15-28-21(24)25)13-16-5-2-1-3-6-16/h1-8,14,18-19H,9-13,15H2. The molecule has 2 aromatic carbocycles. The smallest absolute Gasteiger partial charge is 0.410 e. The first kappa shape index (κ1) is 20.4. The van der Waals surface area contributed by atoms with E-state index >= 15 is 0 Å². The number of carbonyl (C=O) groups excluding carboxylic acids is 1. The van der Waals surface area contributed by atoms with E-state index in [-0.39, 0.29) is 23.1 Å². The molecule has 0 saturated carbocycles. The van der Waals surface area contributed by atoms with Gasteiger partial charge in [0.1, 0.15) is 6.61 Å². The zero-order valence-electron chi connectivity index (χ0n) is 15.9. The number of cyclic esters (lactones) is 1. The van der Waals surface area contributed by atoms with Gasteiger partial charge in [0.05, 0.1) is 10.9 Å². The monoisotopic (exact) mass is 478 g/mol. The maximum Gasteiger partial charge on any atom is 0.410 e. The van der Waals surface area contributed by atoms with Crippen LogP contribution in [0, 0.1) is 0 Å². The summed E-state index contributed by atoms with van der Waals surface area (Å²) in [6.45, 7) is 1.16. The predicted molar refractivity (Wildman–Crippen MR) is 113 cm³/mol. The van der Waals surface area contributed by atoms with Crippen LogP contribution >= 0.6 is 15.9 Å². The minimum Gasteiger partial charge on any atom is -0.447 e. The molecule has 29 heavy (non-hydrogen) atoms. The molecule has 0 spiro atoms. The van der Waals surface area contributed by atoms with Gasteiger partial charge in [-0.15, -0.1) is 0 Å². The molecule has 154 valence electrons. The Bertz CT molecular complexity index is 975. The quantitative estimate of drug-likeness (QED) is 0.657. The molecule has 0 N–H and O–H groups in total. The fraction of sp³-hybridized carbons (Fsp3) is 0.381. The van der Waals surface area contributed by atoms with Crippen molar-refractivity contribution in [3.8, 4) is 0 Å². The van der Waals surface area contributed by atoms with E-state index in [9.17, 15) is 13.2 Å². The molecule has 1 amide bonds. The van der Waals surface area contributed by atoms with Gasteiger partial charge in [0.2, 0.25) is 10.0 Å². The van der Waals surface area contributed by atoms with E-state index < -0.39 is 10.0 Å². The molecule has 2 aliphatic heterocycles. The van der Waals surface area contributed by atoms with Gasteiger partial charge in [-0.3, -0.25) is 4.90 Å². The molecule has 4 rings (SSSR count). The van der Waals surface area contributed by atoms with Crippen molar-refractivity contribution in [3.05, 3.63) is 64.6 Å². The van der Waals surface area contributed by atoms with Crippen molar-refractivity contribution in [3.63, 3.8) is 0 Å². The lowest BCUT2D eigenvalue weighted by Gasteiger charge is -2.37. The second kappa shape index (κ2) is 8.45. The van der Waals surface area contributed by atoms with E-state index in [1.807, 2.05) is 35.2 Å². The summed E-state index contributed by atoms with van der Waals surface area (Å²) in [5, 5.41) is 0. The summed E-state index contributed by atoms with van der Waals surface area (Å²) < 4.78 is 33.5. The minimum absolute atomic E-state index is 0.00679. The Morgan fingerprint density at radius 1 is 1.03 bits per heavy atom. The van der Waals surface area contributed by atoms with Crippen LogP contribution in [0.15, 0.2) is 64.0 Å². The van der Waals surface area contributed by atoms with Crippen LogP contribution in [0.25, 0.3) is 0 Å².